The maximum Gasteiger partial charge on any atom is 0.222 e. The fourth-order valence-electron chi connectivity index (χ4n) is 2.96. The maximum absolute atomic E-state index is 12.2. The lowest BCUT2D eigenvalue weighted by Crippen LogP contribution is -2.36. The zero-order chi connectivity index (χ0) is 12.1. The molecule has 0 atom stereocenters. The van der Waals surface area contributed by atoms with Crippen LogP contribution in [0.25, 0.3) is 0 Å². The van der Waals surface area contributed by atoms with Crippen LogP contribution in [-0.2, 0) is 4.79 Å². The molecule has 0 spiro atoms. The molecule has 0 bridgehead atoms. The van der Waals surface area contributed by atoms with Gasteiger partial charge in [-0.05, 0) is 51.7 Å². The Morgan fingerprint density at radius 2 is 1.59 bits per heavy atom. The Labute approximate surface area is 105 Å². The molecule has 1 amide bonds. The van der Waals surface area contributed by atoms with Gasteiger partial charge in [-0.15, -0.1) is 0 Å². The van der Waals surface area contributed by atoms with Crippen molar-refractivity contribution >= 4 is 5.91 Å². The topological polar surface area (TPSA) is 23.6 Å². The first-order valence-electron chi connectivity index (χ1n) is 7.22. The zero-order valence-electron chi connectivity index (χ0n) is 11.2. The van der Waals surface area contributed by atoms with Gasteiger partial charge in [-0.2, -0.15) is 0 Å². The van der Waals surface area contributed by atoms with Crippen molar-refractivity contribution in [2.75, 3.05) is 33.2 Å². The number of carbonyl (C=O) groups is 1. The van der Waals surface area contributed by atoms with E-state index >= 15 is 0 Å². The summed E-state index contributed by atoms with van der Waals surface area (Å²) in [4.78, 5) is 16.7. The van der Waals surface area contributed by atoms with E-state index in [9.17, 15) is 4.79 Å². The van der Waals surface area contributed by atoms with Gasteiger partial charge in [0, 0.05) is 19.5 Å². The normalized spacial score (nSPS) is 24.6. The van der Waals surface area contributed by atoms with Crippen LogP contribution >= 0.6 is 0 Å². The van der Waals surface area contributed by atoms with Gasteiger partial charge in [0.1, 0.15) is 0 Å². The van der Waals surface area contributed by atoms with Crippen molar-refractivity contribution in [2.24, 2.45) is 5.92 Å². The summed E-state index contributed by atoms with van der Waals surface area (Å²) >= 11 is 0. The summed E-state index contributed by atoms with van der Waals surface area (Å²) in [5, 5.41) is 0. The molecule has 0 radical (unpaired) electrons. The summed E-state index contributed by atoms with van der Waals surface area (Å²) in [7, 11) is 2.17. The minimum absolute atomic E-state index is 0.418. The van der Waals surface area contributed by atoms with E-state index in [-0.39, 0.29) is 0 Å². The number of likely N-dealkylation sites (tertiary alicyclic amines) is 2. The van der Waals surface area contributed by atoms with E-state index in [0.717, 1.165) is 32.6 Å². The highest BCUT2D eigenvalue weighted by atomic mass is 16.2. The van der Waals surface area contributed by atoms with E-state index in [1.165, 1.54) is 38.5 Å². The van der Waals surface area contributed by atoms with Gasteiger partial charge in [-0.1, -0.05) is 12.8 Å². The van der Waals surface area contributed by atoms with Crippen molar-refractivity contribution in [2.45, 2.75) is 44.9 Å². The Morgan fingerprint density at radius 1 is 1.00 bits per heavy atom. The molecule has 2 heterocycles. The predicted octanol–water partition coefficient (Wildman–Crippen LogP) is 2.12. The van der Waals surface area contributed by atoms with E-state index in [0.29, 0.717) is 11.8 Å². The molecule has 0 aliphatic carbocycles. The average Bonchev–Trinajstić information content (AvgIpc) is 2.61. The fourth-order valence-corrected chi connectivity index (χ4v) is 2.96. The SMILES string of the molecule is CN1CCC(CC(=O)N2CCCCCC2)CC1. The predicted molar refractivity (Wildman–Crippen MR) is 69.9 cm³/mol. The second kappa shape index (κ2) is 6.39. The number of carbonyl (C=O) groups excluding carboxylic acids is 1. The summed E-state index contributed by atoms with van der Waals surface area (Å²) in [6, 6.07) is 0. The first-order chi connectivity index (χ1) is 8.25. The van der Waals surface area contributed by atoms with Crippen LogP contribution in [0.5, 0.6) is 0 Å². The number of hydrogen-bond donors (Lipinski definition) is 0. The van der Waals surface area contributed by atoms with Crippen LogP contribution < -0.4 is 0 Å². The lowest BCUT2D eigenvalue weighted by atomic mass is 9.93. The minimum Gasteiger partial charge on any atom is -0.343 e. The van der Waals surface area contributed by atoms with E-state index in [1.54, 1.807) is 0 Å². The summed E-state index contributed by atoms with van der Waals surface area (Å²) in [6.07, 6.45) is 8.23. The van der Waals surface area contributed by atoms with Gasteiger partial charge in [0.2, 0.25) is 5.91 Å². The highest BCUT2D eigenvalue weighted by molar-refractivity contribution is 5.76. The standard InChI is InChI=1S/C14H26N2O/c1-15-10-6-13(7-11-15)12-14(17)16-8-4-2-3-5-9-16/h13H,2-12H2,1H3. The molecule has 0 aromatic rings. The van der Waals surface area contributed by atoms with Crippen LogP contribution in [0.15, 0.2) is 0 Å². The second-order valence-electron chi connectivity index (χ2n) is 5.75. The van der Waals surface area contributed by atoms with E-state index in [1.807, 2.05) is 0 Å². The smallest absolute Gasteiger partial charge is 0.222 e. The van der Waals surface area contributed by atoms with E-state index in [2.05, 4.69) is 16.8 Å². The van der Waals surface area contributed by atoms with Gasteiger partial charge in [-0.25, -0.2) is 0 Å². The molecule has 0 unspecified atom stereocenters. The van der Waals surface area contributed by atoms with Crippen molar-refractivity contribution < 1.29 is 4.79 Å². The van der Waals surface area contributed by atoms with Gasteiger partial charge in [0.05, 0.1) is 0 Å². The number of amides is 1. The molecule has 2 aliphatic heterocycles. The molecule has 3 heteroatoms. The molecule has 0 aromatic carbocycles. The molecule has 2 rings (SSSR count). The second-order valence-corrected chi connectivity index (χ2v) is 5.75. The van der Waals surface area contributed by atoms with Crippen molar-refractivity contribution in [1.29, 1.82) is 0 Å². The molecule has 2 aliphatic rings. The molecule has 0 N–H and O–H groups in total. The lowest BCUT2D eigenvalue weighted by molar-refractivity contribution is -0.132. The van der Waals surface area contributed by atoms with Crippen LogP contribution in [0, 0.1) is 5.92 Å². The van der Waals surface area contributed by atoms with Gasteiger partial charge in [0.25, 0.3) is 0 Å². The van der Waals surface area contributed by atoms with Gasteiger partial charge in [0.15, 0.2) is 0 Å². The molecule has 0 saturated carbocycles. The Balaban J connectivity index is 1.75. The Kier molecular flexibility index (Phi) is 4.84. The Morgan fingerprint density at radius 3 is 2.18 bits per heavy atom. The molecule has 2 saturated heterocycles. The molecule has 0 aromatic heterocycles. The molecule has 3 nitrogen and oxygen atoms in total. The number of hydrogen-bond acceptors (Lipinski definition) is 2. The van der Waals surface area contributed by atoms with E-state index in [4.69, 9.17) is 0 Å². The highest BCUT2D eigenvalue weighted by Gasteiger charge is 2.22. The van der Waals surface area contributed by atoms with Crippen LogP contribution in [0.1, 0.15) is 44.9 Å². The third-order valence-corrected chi connectivity index (χ3v) is 4.26. The first kappa shape index (κ1) is 12.9. The van der Waals surface area contributed by atoms with Crippen LogP contribution in [-0.4, -0.2) is 48.9 Å². The molecule has 2 fully saturated rings. The van der Waals surface area contributed by atoms with Crippen LogP contribution in [0.3, 0.4) is 0 Å². The third-order valence-electron chi connectivity index (χ3n) is 4.26. The number of piperidine rings is 1. The first-order valence-corrected chi connectivity index (χ1v) is 7.22. The van der Waals surface area contributed by atoms with Crippen molar-refractivity contribution in [3.8, 4) is 0 Å². The van der Waals surface area contributed by atoms with Gasteiger partial charge < -0.3 is 9.80 Å². The van der Waals surface area contributed by atoms with Crippen molar-refractivity contribution in [1.82, 2.24) is 9.80 Å². The van der Waals surface area contributed by atoms with Crippen molar-refractivity contribution in [3.63, 3.8) is 0 Å². The van der Waals surface area contributed by atoms with Gasteiger partial charge >= 0.3 is 0 Å². The van der Waals surface area contributed by atoms with Gasteiger partial charge in [-0.3, -0.25) is 4.79 Å². The number of rotatable bonds is 2. The Hall–Kier alpha value is -0.570. The molecule has 98 valence electrons. The van der Waals surface area contributed by atoms with Crippen LogP contribution in [0.2, 0.25) is 0 Å². The number of nitrogens with zero attached hydrogens (tertiary/aromatic N) is 2. The monoisotopic (exact) mass is 238 g/mol. The highest BCUT2D eigenvalue weighted by Crippen LogP contribution is 2.21. The zero-order valence-corrected chi connectivity index (χ0v) is 11.2. The summed E-state index contributed by atoms with van der Waals surface area (Å²) < 4.78 is 0. The summed E-state index contributed by atoms with van der Waals surface area (Å²) in [6.45, 7) is 4.34. The fraction of sp³-hybridized carbons (Fsp3) is 0.929. The van der Waals surface area contributed by atoms with Crippen LogP contribution in [0.4, 0.5) is 0 Å². The molecule has 17 heavy (non-hydrogen) atoms. The van der Waals surface area contributed by atoms with E-state index < -0.39 is 0 Å². The maximum atomic E-state index is 12.2. The Bertz CT molecular complexity index is 239. The molecular formula is C14H26N2O. The quantitative estimate of drug-likeness (QED) is 0.735. The van der Waals surface area contributed by atoms with Crippen molar-refractivity contribution in [3.05, 3.63) is 0 Å². The summed E-state index contributed by atoms with van der Waals surface area (Å²) in [5.41, 5.74) is 0. The summed E-state index contributed by atoms with van der Waals surface area (Å²) in [5.74, 6) is 1.06. The minimum atomic E-state index is 0.418. The largest absolute Gasteiger partial charge is 0.343 e. The lowest BCUT2D eigenvalue weighted by Gasteiger charge is -2.30. The average molecular weight is 238 g/mol. The molecular weight excluding hydrogens is 212 g/mol. The third kappa shape index (κ3) is 3.98.